The molecule has 0 aliphatic heterocycles. The molecule has 1 atom stereocenters. The van der Waals surface area contributed by atoms with E-state index in [1.54, 1.807) is 6.07 Å². The number of rotatable bonds is 3. The van der Waals surface area contributed by atoms with Gasteiger partial charge in [0.05, 0.1) is 0 Å². The van der Waals surface area contributed by atoms with E-state index < -0.39 is 18.1 Å². The number of aliphatic hydroxyl groups is 1. The van der Waals surface area contributed by atoms with Gasteiger partial charge in [0.25, 0.3) is 0 Å². The Morgan fingerprint density at radius 1 is 1.25 bits per heavy atom. The zero-order chi connectivity index (χ0) is 14.9. The second kappa shape index (κ2) is 5.57. The van der Waals surface area contributed by atoms with Crippen molar-refractivity contribution in [1.29, 1.82) is 0 Å². The lowest BCUT2D eigenvalue weighted by Gasteiger charge is -2.12. The van der Waals surface area contributed by atoms with Crippen LogP contribution < -0.4 is 0 Å². The fourth-order valence-electron chi connectivity index (χ4n) is 1.76. The van der Waals surface area contributed by atoms with E-state index in [1.807, 2.05) is 0 Å². The van der Waals surface area contributed by atoms with Crippen LogP contribution in [0.2, 0.25) is 0 Å². The first-order valence-corrected chi connectivity index (χ1v) is 6.41. The molecule has 1 aromatic carbocycles. The summed E-state index contributed by atoms with van der Waals surface area (Å²) in [7, 11) is 0. The Morgan fingerprint density at radius 2 is 1.95 bits per heavy atom. The first-order valence-electron chi connectivity index (χ1n) is 5.62. The molecule has 0 radical (unpaired) electrons. The number of alkyl halides is 3. The van der Waals surface area contributed by atoms with Crippen LogP contribution in [0.5, 0.6) is 0 Å². The third-order valence-corrected chi connectivity index (χ3v) is 3.51. The van der Waals surface area contributed by atoms with Crippen molar-refractivity contribution in [2.45, 2.75) is 18.8 Å². The standard InChI is InChI=1S/C13H10BrF4NO/c14-11-5-10(15)2-1-8(11)6-19-4-3-9(7-19)12(20)13(16,17)18/h1-5,7,12,20H,6H2. The fraction of sp³-hybridized carbons (Fsp3) is 0.231. The average molecular weight is 352 g/mol. The van der Waals surface area contributed by atoms with E-state index in [9.17, 15) is 17.6 Å². The van der Waals surface area contributed by atoms with Gasteiger partial charge >= 0.3 is 6.18 Å². The highest BCUT2D eigenvalue weighted by atomic mass is 79.9. The SMILES string of the molecule is OC(c1ccn(Cc2ccc(F)cc2Br)c1)C(F)(F)F. The van der Waals surface area contributed by atoms with Gasteiger partial charge in [0.15, 0.2) is 6.10 Å². The molecule has 0 aliphatic rings. The number of hydrogen-bond acceptors (Lipinski definition) is 1. The van der Waals surface area contributed by atoms with Crippen molar-refractivity contribution < 1.29 is 22.7 Å². The van der Waals surface area contributed by atoms with Crippen LogP contribution in [0.4, 0.5) is 17.6 Å². The lowest BCUT2D eigenvalue weighted by molar-refractivity contribution is -0.206. The van der Waals surface area contributed by atoms with Gasteiger partial charge < -0.3 is 9.67 Å². The van der Waals surface area contributed by atoms with Crippen LogP contribution in [-0.4, -0.2) is 15.8 Å². The van der Waals surface area contributed by atoms with E-state index in [1.165, 1.54) is 35.2 Å². The molecule has 0 spiro atoms. The topological polar surface area (TPSA) is 25.2 Å². The van der Waals surface area contributed by atoms with Crippen LogP contribution in [0.1, 0.15) is 17.2 Å². The molecule has 1 heterocycles. The van der Waals surface area contributed by atoms with E-state index in [0.717, 1.165) is 5.56 Å². The molecular weight excluding hydrogens is 342 g/mol. The van der Waals surface area contributed by atoms with E-state index in [4.69, 9.17) is 5.11 Å². The van der Waals surface area contributed by atoms with Crippen LogP contribution in [0, 0.1) is 5.82 Å². The first kappa shape index (κ1) is 15.1. The molecule has 0 fully saturated rings. The number of nitrogens with zero attached hydrogens (tertiary/aromatic N) is 1. The largest absolute Gasteiger partial charge is 0.418 e. The Labute approximate surface area is 120 Å². The number of halogens is 5. The van der Waals surface area contributed by atoms with Gasteiger partial charge in [-0.05, 0) is 23.8 Å². The lowest BCUT2D eigenvalue weighted by Crippen LogP contribution is -2.19. The molecule has 0 bridgehead atoms. The molecule has 2 aromatic rings. The van der Waals surface area contributed by atoms with E-state index in [2.05, 4.69) is 15.9 Å². The van der Waals surface area contributed by atoms with Crippen LogP contribution in [-0.2, 0) is 6.54 Å². The molecular formula is C13H10BrF4NO. The second-order valence-electron chi connectivity index (χ2n) is 4.30. The number of aliphatic hydroxyl groups excluding tert-OH is 1. The van der Waals surface area contributed by atoms with Gasteiger partial charge in [-0.3, -0.25) is 0 Å². The van der Waals surface area contributed by atoms with Crippen molar-refractivity contribution in [1.82, 2.24) is 4.57 Å². The Morgan fingerprint density at radius 3 is 2.55 bits per heavy atom. The fourth-order valence-corrected chi connectivity index (χ4v) is 2.23. The van der Waals surface area contributed by atoms with E-state index in [-0.39, 0.29) is 12.1 Å². The maximum Gasteiger partial charge on any atom is 0.418 e. The molecule has 0 amide bonds. The Kier molecular flexibility index (Phi) is 4.19. The number of hydrogen-bond donors (Lipinski definition) is 1. The molecule has 0 saturated heterocycles. The normalized spacial score (nSPS) is 13.5. The molecule has 108 valence electrons. The van der Waals surface area contributed by atoms with Crippen LogP contribution in [0.15, 0.2) is 41.1 Å². The Balaban J connectivity index is 2.18. The van der Waals surface area contributed by atoms with Crippen molar-refractivity contribution in [3.05, 3.63) is 58.1 Å². The quantitative estimate of drug-likeness (QED) is 0.829. The molecule has 1 aromatic heterocycles. The third-order valence-electron chi connectivity index (χ3n) is 2.77. The van der Waals surface area contributed by atoms with Crippen molar-refractivity contribution in [3.63, 3.8) is 0 Å². The summed E-state index contributed by atoms with van der Waals surface area (Å²) in [5.41, 5.74) is 0.491. The number of aromatic nitrogens is 1. The van der Waals surface area contributed by atoms with Gasteiger partial charge in [0.1, 0.15) is 5.82 Å². The first-order chi connectivity index (χ1) is 9.27. The van der Waals surface area contributed by atoms with E-state index >= 15 is 0 Å². The Hall–Kier alpha value is -1.34. The zero-order valence-electron chi connectivity index (χ0n) is 10.0. The third kappa shape index (κ3) is 3.40. The summed E-state index contributed by atoms with van der Waals surface area (Å²) >= 11 is 3.19. The highest BCUT2D eigenvalue weighted by molar-refractivity contribution is 9.10. The highest BCUT2D eigenvalue weighted by Gasteiger charge is 2.39. The van der Waals surface area contributed by atoms with Gasteiger partial charge in [-0.2, -0.15) is 13.2 Å². The Bertz CT molecular complexity index is 609. The van der Waals surface area contributed by atoms with Gasteiger partial charge in [-0.25, -0.2) is 4.39 Å². The van der Waals surface area contributed by atoms with Crippen LogP contribution in [0.3, 0.4) is 0 Å². The van der Waals surface area contributed by atoms with Crippen molar-refractivity contribution in [2.24, 2.45) is 0 Å². The molecule has 0 aliphatic carbocycles. The smallest absolute Gasteiger partial charge is 0.379 e. The maximum atomic E-state index is 12.9. The summed E-state index contributed by atoms with van der Waals surface area (Å²) in [6.45, 7) is 0.269. The molecule has 2 rings (SSSR count). The molecule has 1 unspecified atom stereocenters. The highest BCUT2D eigenvalue weighted by Crippen LogP contribution is 2.32. The molecule has 20 heavy (non-hydrogen) atoms. The summed E-state index contributed by atoms with van der Waals surface area (Å²) in [5.74, 6) is -0.402. The summed E-state index contributed by atoms with van der Waals surface area (Å²) in [6, 6.07) is 5.30. The molecule has 1 N–H and O–H groups in total. The van der Waals surface area contributed by atoms with Crippen molar-refractivity contribution in [3.8, 4) is 0 Å². The van der Waals surface area contributed by atoms with Gasteiger partial charge in [0, 0.05) is 29.0 Å². The molecule has 7 heteroatoms. The minimum Gasteiger partial charge on any atom is -0.379 e. The summed E-state index contributed by atoms with van der Waals surface area (Å²) in [6.07, 6.45) is -4.54. The lowest BCUT2D eigenvalue weighted by atomic mass is 10.2. The maximum absolute atomic E-state index is 12.9. The van der Waals surface area contributed by atoms with Gasteiger partial charge in [-0.15, -0.1) is 0 Å². The predicted octanol–water partition coefficient (Wildman–Crippen LogP) is 4.03. The zero-order valence-corrected chi connectivity index (χ0v) is 11.6. The van der Waals surface area contributed by atoms with E-state index in [0.29, 0.717) is 4.47 Å². The van der Waals surface area contributed by atoms with Crippen molar-refractivity contribution >= 4 is 15.9 Å². The predicted molar refractivity (Wildman–Crippen MR) is 68.6 cm³/mol. The summed E-state index contributed by atoms with van der Waals surface area (Å²) < 4.78 is 52.1. The number of benzene rings is 1. The molecule has 2 nitrogen and oxygen atoms in total. The minimum atomic E-state index is -4.69. The second-order valence-corrected chi connectivity index (χ2v) is 5.15. The monoisotopic (exact) mass is 351 g/mol. The average Bonchev–Trinajstić information content (AvgIpc) is 2.79. The minimum absolute atomic E-state index is 0.226. The summed E-state index contributed by atoms with van der Waals surface area (Å²) in [4.78, 5) is 0. The van der Waals surface area contributed by atoms with Crippen LogP contribution >= 0.6 is 15.9 Å². The van der Waals surface area contributed by atoms with Crippen LogP contribution in [0.25, 0.3) is 0 Å². The summed E-state index contributed by atoms with van der Waals surface area (Å²) in [5, 5.41) is 9.13. The molecule has 0 saturated carbocycles. The van der Waals surface area contributed by atoms with Gasteiger partial charge in [-0.1, -0.05) is 22.0 Å². The van der Waals surface area contributed by atoms with Crippen molar-refractivity contribution in [2.75, 3.05) is 0 Å². The van der Waals surface area contributed by atoms with Gasteiger partial charge in [0.2, 0.25) is 0 Å².